The number of para-hydroxylation sites is 1. The van der Waals surface area contributed by atoms with Gasteiger partial charge in [-0.15, -0.1) is 0 Å². The summed E-state index contributed by atoms with van der Waals surface area (Å²) in [6, 6.07) is 24.4. The highest BCUT2D eigenvalue weighted by atomic mass is 32.2. The van der Waals surface area contributed by atoms with Crippen LogP contribution < -0.4 is 9.62 Å². The third-order valence-corrected chi connectivity index (χ3v) is 7.26. The highest BCUT2D eigenvalue weighted by Gasteiger charge is 2.23. The van der Waals surface area contributed by atoms with Gasteiger partial charge in [0.1, 0.15) is 0 Å². The fourth-order valence-corrected chi connectivity index (χ4v) is 5.25. The monoisotopic (exact) mass is 477 g/mol. The number of rotatable bonds is 9. The van der Waals surface area contributed by atoms with Gasteiger partial charge in [0, 0.05) is 13.1 Å². The molecule has 4 rings (SSSR count). The molecule has 1 amide bonds. The molecule has 0 spiro atoms. The van der Waals surface area contributed by atoms with E-state index in [0.717, 1.165) is 30.8 Å². The van der Waals surface area contributed by atoms with E-state index in [1.54, 1.807) is 24.3 Å². The van der Waals surface area contributed by atoms with E-state index >= 15 is 0 Å². The minimum Gasteiger partial charge on any atom is -0.348 e. The van der Waals surface area contributed by atoms with E-state index in [1.807, 2.05) is 48.5 Å². The molecule has 0 bridgehead atoms. The maximum atomic E-state index is 13.2. The summed E-state index contributed by atoms with van der Waals surface area (Å²) in [7, 11) is -3.61. The van der Waals surface area contributed by atoms with Crippen LogP contribution in [0, 0.1) is 0 Å². The number of nitrogens with one attached hydrogen (secondary N) is 1. The van der Waals surface area contributed by atoms with Gasteiger partial charge in [-0.3, -0.25) is 14.0 Å². The molecule has 1 saturated heterocycles. The first kappa shape index (κ1) is 24.0. The standard InChI is InChI=1S/C27H31N3O3S/c1-34(32,33)30(20-22-11-3-2-4-12-22)26-16-8-7-15-25(26)27(31)28-19-23-13-5-6-14-24(23)21-29-17-9-10-18-29/h2-8,11-16H,9-10,17-21H2,1H3,(H,28,31). The lowest BCUT2D eigenvalue weighted by molar-refractivity contribution is 0.0951. The third-order valence-electron chi connectivity index (χ3n) is 6.14. The molecule has 1 heterocycles. The topological polar surface area (TPSA) is 69.7 Å². The molecule has 3 aromatic carbocycles. The summed E-state index contributed by atoms with van der Waals surface area (Å²) >= 11 is 0. The lowest BCUT2D eigenvalue weighted by Crippen LogP contribution is -2.32. The second-order valence-electron chi connectivity index (χ2n) is 8.71. The molecule has 178 valence electrons. The van der Waals surface area contributed by atoms with Gasteiger partial charge in [-0.05, 0) is 54.8 Å². The predicted octanol–water partition coefficient (Wildman–Crippen LogP) is 4.18. The number of carbonyl (C=O) groups is 1. The van der Waals surface area contributed by atoms with Crippen LogP contribution in [-0.2, 0) is 29.7 Å². The number of carbonyl (C=O) groups excluding carboxylic acids is 1. The number of hydrogen-bond acceptors (Lipinski definition) is 4. The number of nitrogens with zero attached hydrogens (tertiary/aromatic N) is 2. The smallest absolute Gasteiger partial charge is 0.253 e. The lowest BCUT2D eigenvalue weighted by Gasteiger charge is -2.25. The van der Waals surface area contributed by atoms with Crippen molar-refractivity contribution in [3.8, 4) is 0 Å². The van der Waals surface area contributed by atoms with Crippen LogP contribution in [0.2, 0.25) is 0 Å². The van der Waals surface area contributed by atoms with E-state index in [-0.39, 0.29) is 12.5 Å². The zero-order valence-corrected chi connectivity index (χ0v) is 20.3. The SMILES string of the molecule is CS(=O)(=O)N(Cc1ccccc1)c1ccccc1C(=O)NCc1ccccc1CN1CCCC1. The molecule has 0 unspecified atom stereocenters. The minimum atomic E-state index is -3.61. The van der Waals surface area contributed by atoms with Gasteiger partial charge in [-0.2, -0.15) is 0 Å². The summed E-state index contributed by atoms with van der Waals surface area (Å²) in [6.07, 6.45) is 3.63. The predicted molar refractivity (Wildman–Crippen MR) is 136 cm³/mol. The van der Waals surface area contributed by atoms with Crippen molar-refractivity contribution in [2.24, 2.45) is 0 Å². The van der Waals surface area contributed by atoms with Crippen molar-refractivity contribution in [3.05, 3.63) is 101 Å². The molecule has 0 aliphatic carbocycles. The van der Waals surface area contributed by atoms with E-state index in [4.69, 9.17) is 0 Å². The molecule has 0 aromatic heterocycles. The van der Waals surface area contributed by atoms with Gasteiger partial charge in [-0.1, -0.05) is 66.7 Å². The van der Waals surface area contributed by atoms with Crippen molar-refractivity contribution in [2.45, 2.75) is 32.5 Å². The van der Waals surface area contributed by atoms with Crippen molar-refractivity contribution in [1.29, 1.82) is 0 Å². The Bertz CT molecular complexity index is 1220. The maximum absolute atomic E-state index is 13.2. The molecule has 1 N–H and O–H groups in total. The summed E-state index contributed by atoms with van der Waals surface area (Å²) < 4.78 is 26.7. The number of benzene rings is 3. The molecule has 0 radical (unpaired) electrons. The van der Waals surface area contributed by atoms with Crippen LogP contribution >= 0.6 is 0 Å². The lowest BCUT2D eigenvalue weighted by atomic mass is 10.1. The van der Waals surface area contributed by atoms with Gasteiger partial charge in [0.05, 0.1) is 24.1 Å². The van der Waals surface area contributed by atoms with Gasteiger partial charge in [0.25, 0.3) is 5.91 Å². The number of likely N-dealkylation sites (tertiary alicyclic amines) is 1. The van der Waals surface area contributed by atoms with E-state index in [9.17, 15) is 13.2 Å². The third kappa shape index (κ3) is 6.04. The van der Waals surface area contributed by atoms with Crippen LogP contribution in [0.15, 0.2) is 78.9 Å². The van der Waals surface area contributed by atoms with Crippen molar-refractivity contribution < 1.29 is 13.2 Å². The second kappa shape index (κ2) is 10.8. The molecule has 34 heavy (non-hydrogen) atoms. The van der Waals surface area contributed by atoms with Crippen molar-refractivity contribution >= 4 is 21.6 Å². The zero-order chi connectivity index (χ0) is 24.0. The van der Waals surface area contributed by atoms with E-state index < -0.39 is 10.0 Å². The molecule has 7 heteroatoms. The van der Waals surface area contributed by atoms with Crippen LogP contribution in [0.3, 0.4) is 0 Å². The van der Waals surface area contributed by atoms with E-state index in [2.05, 4.69) is 16.3 Å². The summed E-state index contributed by atoms with van der Waals surface area (Å²) in [5.74, 6) is -0.298. The molecule has 1 fully saturated rings. The molecule has 0 atom stereocenters. The minimum absolute atomic E-state index is 0.155. The fourth-order valence-electron chi connectivity index (χ4n) is 4.35. The quantitative estimate of drug-likeness (QED) is 0.502. The average Bonchev–Trinajstić information content (AvgIpc) is 3.35. The Morgan fingerprint density at radius 1 is 0.882 bits per heavy atom. The molecule has 3 aromatic rings. The Hall–Kier alpha value is -3.16. The van der Waals surface area contributed by atoms with Crippen LogP contribution in [-0.4, -0.2) is 38.6 Å². The van der Waals surface area contributed by atoms with E-state index in [0.29, 0.717) is 17.8 Å². The summed E-state index contributed by atoms with van der Waals surface area (Å²) in [6.45, 7) is 3.63. The van der Waals surface area contributed by atoms with Gasteiger partial charge in [0.15, 0.2) is 0 Å². The Balaban J connectivity index is 1.54. The van der Waals surface area contributed by atoms with Crippen molar-refractivity contribution in [1.82, 2.24) is 10.2 Å². The van der Waals surface area contributed by atoms with Crippen LogP contribution in [0.1, 0.15) is 39.9 Å². The van der Waals surface area contributed by atoms with Gasteiger partial charge < -0.3 is 5.32 Å². The highest BCUT2D eigenvalue weighted by Crippen LogP contribution is 2.25. The molecule has 1 aliphatic heterocycles. The first-order chi connectivity index (χ1) is 16.4. The van der Waals surface area contributed by atoms with Crippen LogP contribution in [0.5, 0.6) is 0 Å². The fraction of sp³-hybridized carbons (Fsp3) is 0.296. The Labute approximate surface area is 202 Å². The van der Waals surface area contributed by atoms with Crippen LogP contribution in [0.4, 0.5) is 5.69 Å². The molecular formula is C27H31N3O3S. The van der Waals surface area contributed by atoms with Gasteiger partial charge in [-0.25, -0.2) is 8.42 Å². The zero-order valence-electron chi connectivity index (χ0n) is 19.5. The Kier molecular flexibility index (Phi) is 7.65. The number of anilines is 1. The normalized spacial score (nSPS) is 14.1. The van der Waals surface area contributed by atoms with Crippen molar-refractivity contribution in [2.75, 3.05) is 23.7 Å². The molecule has 6 nitrogen and oxygen atoms in total. The van der Waals surface area contributed by atoms with Gasteiger partial charge >= 0.3 is 0 Å². The van der Waals surface area contributed by atoms with Crippen LogP contribution in [0.25, 0.3) is 0 Å². The molecule has 1 aliphatic rings. The van der Waals surface area contributed by atoms with Crippen molar-refractivity contribution in [3.63, 3.8) is 0 Å². The molecular weight excluding hydrogens is 446 g/mol. The highest BCUT2D eigenvalue weighted by molar-refractivity contribution is 7.92. The number of sulfonamides is 1. The maximum Gasteiger partial charge on any atom is 0.253 e. The average molecular weight is 478 g/mol. The number of amides is 1. The van der Waals surface area contributed by atoms with E-state index in [1.165, 1.54) is 29.0 Å². The van der Waals surface area contributed by atoms with Gasteiger partial charge in [0.2, 0.25) is 10.0 Å². The first-order valence-corrected chi connectivity index (χ1v) is 13.4. The molecule has 0 saturated carbocycles. The summed E-state index contributed by atoms with van der Waals surface area (Å²) in [5, 5.41) is 3.01. The first-order valence-electron chi connectivity index (χ1n) is 11.6. The second-order valence-corrected chi connectivity index (χ2v) is 10.6. The Morgan fingerprint density at radius 2 is 1.50 bits per heavy atom. The Morgan fingerprint density at radius 3 is 2.21 bits per heavy atom. The summed E-state index contributed by atoms with van der Waals surface area (Å²) in [5.41, 5.74) is 3.83. The summed E-state index contributed by atoms with van der Waals surface area (Å²) in [4.78, 5) is 15.7. The number of hydrogen-bond donors (Lipinski definition) is 1. The largest absolute Gasteiger partial charge is 0.348 e.